The Balaban J connectivity index is 2.27. The standard InChI is InChI=1S/C12H17N3O3/c1-2-10(11(16)17)15-12(18)14-7-5-9-4-3-6-13-8-9/h3-4,6,8,10H,2,5,7H2,1H3,(H,16,17)(H2,14,15,18)/t10-/m0/s1. The van der Waals surface area contributed by atoms with Gasteiger partial charge in [0.2, 0.25) is 0 Å². The lowest BCUT2D eigenvalue weighted by atomic mass is 10.2. The molecule has 0 aliphatic heterocycles. The molecule has 18 heavy (non-hydrogen) atoms. The number of carbonyl (C=O) groups excluding carboxylic acids is 1. The smallest absolute Gasteiger partial charge is 0.326 e. The van der Waals surface area contributed by atoms with Gasteiger partial charge in [-0.1, -0.05) is 13.0 Å². The molecule has 0 unspecified atom stereocenters. The van der Waals surface area contributed by atoms with Crippen LogP contribution in [0, 0.1) is 0 Å². The normalized spacial score (nSPS) is 11.6. The summed E-state index contributed by atoms with van der Waals surface area (Å²) < 4.78 is 0. The third kappa shape index (κ3) is 4.82. The van der Waals surface area contributed by atoms with E-state index >= 15 is 0 Å². The average molecular weight is 251 g/mol. The number of pyridine rings is 1. The van der Waals surface area contributed by atoms with Crippen molar-refractivity contribution in [2.45, 2.75) is 25.8 Å². The average Bonchev–Trinajstić information content (AvgIpc) is 2.37. The van der Waals surface area contributed by atoms with Gasteiger partial charge in [-0.25, -0.2) is 9.59 Å². The summed E-state index contributed by atoms with van der Waals surface area (Å²) in [5.74, 6) is -1.03. The van der Waals surface area contributed by atoms with Crippen molar-refractivity contribution < 1.29 is 14.7 Å². The van der Waals surface area contributed by atoms with E-state index in [1.807, 2.05) is 12.1 Å². The molecule has 6 heteroatoms. The molecule has 1 aromatic rings. The molecule has 1 atom stereocenters. The van der Waals surface area contributed by atoms with E-state index in [4.69, 9.17) is 5.11 Å². The summed E-state index contributed by atoms with van der Waals surface area (Å²) in [6.07, 6.45) is 4.42. The number of carbonyl (C=O) groups is 2. The van der Waals surface area contributed by atoms with Gasteiger partial charge in [0.25, 0.3) is 0 Å². The zero-order valence-corrected chi connectivity index (χ0v) is 10.2. The fraction of sp³-hybridized carbons (Fsp3) is 0.417. The van der Waals surface area contributed by atoms with Crippen LogP contribution in [0.15, 0.2) is 24.5 Å². The third-order valence-electron chi connectivity index (χ3n) is 2.43. The SMILES string of the molecule is CC[C@H](NC(=O)NCCc1cccnc1)C(=O)O. The van der Waals surface area contributed by atoms with Gasteiger partial charge < -0.3 is 15.7 Å². The van der Waals surface area contributed by atoms with Crippen LogP contribution in [0.1, 0.15) is 18.9 Å². The molecule has 0 aromatic carbocycles. The highest BCUT2D eigenvalue weighted by Crippen LogP contribution is 1.95. The van der Waals surface area contributed by atoms with Crippen molar-refractivity contribution in [1.29, 1.82) is 0 Å². The molecule has 0 aliphatic rings. The van der Waals surface area contributed by atoms with Crippen LogP contribution in [-0.4, -0.2) is 34.7 Å². The quantitative estimate of drug-likeness (QED) is 0.697. The monoisotopic (exact) mass is 251 g/mol. The summed E-state index contributed by atoms with van der Waals surface area (Å²) in [5.41, 5.74) is 1.02. The number of amides is 2. The van der Waals surface area contributed by atoms with E-state index in [2.05, 4.69) is 15.6 Å². The van der Waals surface area contributed by atoms with Crippen molar-refractivity contribution in [2.75, 3.05) is 6.54 Å². The number of urea groups is 1. The minimum atomic E-state index is -1.03. The van der Waals surface area contributed by atoms with Gasteiger partial charge in [-0.15, -0.1) is 0 Å². The maximum absolute atomic E-state index is 11.4. The lowest BCUT2D eigenvalue weighted by Gasteiger charge is -2.13. The molecular weight excluding hydrogens is 234 g/mol. The van der Waals surface area contributed by atoms with Crippen molar-refractivity contribution in [3.8, 4) is 0 Å². The predicted octanol–water partition coefficient (Wildman–Crippen LogP) is 0.786. The van der Waals surface area contributed by atoms with E-state index in [1.54, 1.807) is 19.3 Å². The maximum atomic E-state index is 11.4. The fourth-order valence-electron chi connectivity index (χ4n) is 1.41. The van der Waals surface area contributed by atoms with Gasteiger partial charge in [0.05, 0.1) is 0 Å². The van der Waals surface area contributed by atoms with E-state index in [0.717, 1.165) is 5.56 Å². The zero-order chi connectivity index (χ0) is 13.4. The highest BCUT2D eigenvalue weighted by Gasteiger charge is 2.16. The van der Waals surface area contributed by atoms with Crippen LogP contribution in [0.4, 0.5) is 4.79 Å². The number of nitrogens with zero attached hydrogens (tertiary/aromatic N) is 1. The molecular formula is C12H17N3O3. The van der Waals surface area contributed by atoms with Crippen molar-refractivity contribution in [3.05, 3.63) is 30.1 Å². The minimum Gasteiger partial charge on any atom is -0.480 e. The number of aromatic nitrogens is 1. The number of aliphatic carboxylic acids is 1. The van der Waals surface area contributed by atoms with E-state index in [1.165, 1.54) is 0 Å². The topological polar surface area (TPSA) is 91.3 Å². The van der Waals surface area contributed by atoms with E-state index in [9.17, 15) is 9.59 Å². The largest absolute Gasteiger partial charge is 0.480 e. The molecule has 3 N–H and O–H groups in total. The molecule has 0 radical (unpaired) electrons. The first-order valence-electron chi connectivity index (χ1n) is 5.79. The molecule has 1 heterocycles. The van der Waals surface area contributed by atoms with E-state index in [-0.39, 0.29) is 0 Å². The van der Waals surface area contributed by atoms with Gasteiger partial charge in [0, 0.05) is 18.9 Å². The summed E-state index contributed by atoms with van der Waals surface area (Å²) in [6, 6.07) is 2.43. The molecule has 1 aromatic heterocycles. The second-order valence-corrected chi connectivity index (χ2v) is 3.81. The first-order chi connectivity index (χ1) is 8.63. The van der Waals surface area contributed by atoms with Gasteiger partial charge in [0.15, 0.2) is 0 Å². The number of rotatable bonds is 6. The summed E-state index contributed by atoms with van der Waals surface area (Å²) in [6.45, 7) is 2.14. The molecule has 0 fully saturated rings. The Bertz CT molecular complexity index is 395. The molecule has 0 bridgehead atoms. The number of hydrogen-bond donors (Lipinski definition) is 3. The fourth-order valence-corrected chi connectivity index (χ4v) is 1.41. The van der Waals surface area contributed by atoms with Crippen LogP contribution in [0.3, 0.4) is 0 Å². The Morgan fingerprint density at radius 2 is 2.28 bits per heavy atom. The number of nitrogens with one attached hydrogen (secondary N) is 2. The summed E-state index contributed by atoms with van der Waals surface area (Å²) in [5, 5.41) is 13.8. The van der Waals surface area contributed by atoms with Crippen LogP contribution in [0.5, 0.6) is 0 Å². The Hall–Kier alpha value is -2.11. The molecule has 0 saturated heterocycles. The van der Waals surface area contributed by atoms with Gasteiger partial charge in [0.1, 0.15) is 6.04 Å². The van der Waals surface area contributed by atoms with Crippen molar-refractivity contribution in [2.24, 2.45) is 0 Å². The second-order valence-electron chi connectivity index (χ2n) is 3.81. The first-order valence-corrected chi connectivity index (χ1v) is 5.79. The number of hydrogen-bond acceptors (Lipinski definition) is 3. The van der Waals surface area contributed by atoms with E-state index < -0.39 is 18.0 Å². The zero-order valence-electron chi connectivity index (χ0n) is 10.2. The molecule has 1 rings (SSSR count). The molecule has 0 saturated carbocycles. The molecule has 6 nitrogen and oxygen atoms in total. The summed E-state index contributed by atoms with van der Waals surface area (Å²) in [4.78, 5) is 26.1. The lowest BCUT2D eigenvalue weighted by Crippen LogP contribution is -2.46. The van der Waals surface area contributed by atoms with Crippen LogP contribution >= 0.6 is 0 Å². The van der Waals surface area contributed by atoms with Gasteiger partial charge in [-0.2, -0.15) is 0 Å². The summed E-state index contributed by atoms with van der Waals surface area (Å²) in [7, 11) is 0. The Kier molecular flexibility index (Phi) is 5.63. The van der Waals surface area contributed by atoms with Crippen LogP contribution < -0.4 is 10.6 Å². The van der Waals surface area contributed by atoms with Gasteiger partial charge in [-0.05, 0) is 24.5 Å². The Labute approximate surface area is 105 Å². The van der Waals surface area contributed by atoms with Crippen molar-refractivity contribution in [1.82, 2.24) is 15.6 Å². The number of carboxylic acid groups (broad SMARTS) is 1. The highest BCUT2D eigenvalue weighted by molar-refractivity contribution is 5.82. The third-order valence-corrected chi connectivity index (χ3v) is 2.43. The highest BCUT2D eigenvalue weighted by atomic mass is 16.4. The number of carboxylic acids is 1. The van der Waals surface area contributed by atoms with Crippen LogP contribution in [-0.2, 0) is 11.2 Å². The second kappa shape index (κ2) is 7.26. The molecule has 0 aliphatic carbocycles. The minimum absolute atomic E-state index is 0.353. The first kappa shape index (κ1) is 14.0. The van der Waals surface area contributed by atoms with Crippen LogP contribution in [0.2, 0.25) is 0 Å². The predicted molar refractivity (Wildman–Crippen MR) is 66.2 cm³/mol. The maximum Gasteiger partial charge on any atom is 0.326 e. The van der Waals surface area contributed by atoms with Gasteiger partial charge >= 0.3 is 12.0 Å². The summed E-state index contributed by atoms with van der Waals surface area (Å²) >= 11 is 0. The Morgan fingerprint density at radius 1 is 1.50 bits per heavy atom. The molecule has 98 valence electrons. The van der Waals surface area contributed by atoms with E-state index in [0.29, 0.717) is 19.4 Å². The van der Waals surface area contributed by atoms with Crippen molar-refractivity contribution in [3.63, 3.8) is 0 Å². The lowest BCUT2D eigenvalue weighted by molar-refractivity contribution is -0.139. The van der Waals surface area contributed by atoms with Crippen molar-refractivity contribution >= 4 is 12.0 Å². The molecule has 0 spiro atoms. The van der Waals surface area contributed by atoms with Gasteiger partial charge in [-0.3, -0.25) is 4.98 Å². The van der Waals surface area contributed by atoms with Crippen LogP contribution in [0.25, 0.3) is 0 Å². The molecule has 2 amide bonds. The Morgan fingerprint density at radius 3 is 2.83 bits per heavy atom.